The number of nitrogens with zero attached hydrogens (tertiary/aromatic N) is 3. The summed E-state index contributed by atoms with van der Waals surface area (Å²) in [5.74, 6) is 0. The number of hydrogen-bond donors (Lipinski definition) is 1. The quantitative estimate of drug-likeness (QED) is 0.772. The molecule has 1 aliphatic carbocycles. The van der Waals surface area contributed by atoms with Crippen LogP contribution in [0.25, 0.3) is 0 Å². The second-order valence-corrected chi connectivity index (χ2v) is 6.45. The van der Waals surface area contributed by atoms with E-state index in [1.54, 1.807) is 11.3 Å². The Bertz CT molecular complexity index is 356. The van der Waals surface area contributed by atoms with Gasteiger partial charge < -0.3 is 10.2 Å². The lowest BCUT2D eigenvalue weighted by atomic mass is 10.2. The summed E-state index contributed by atoms with van der Waals surface area (Å²) in [4.78, 5) is 9.40. The minimum absolute atomic E-state index is 0.863. The molecular weight excluding hydrogens is 256 g/mol. The lowest BCUT2D eigenvalue weighted by molar-refractivity contribution is 0.252. The van der Waals surface area contributed by atoms with E-state index in [1.165, 1.54) is 57.0 Å². The van der Waals surface area contributed by atoms with Gasteiger partial charge in [0.25, 0.3) is 0 Å². The molecule has 5 heteroatoms. The number of aromatic nitrogens is 1. The zero-order valence-corrected chi connectivity index (χ0v) is 12.4. The molecule has 19 heavy (non-hydrogen) atoms. The number of unbranched alkanes of at least 4 members (excludes halogenated alkanes) is 1. The molecule has 106 valence electrons. The lowest BCUT2D eigenvalue weighted by Gasteiger charge is -2.34. The van der Waals surface area contributed by atoms with Gasteiger partial charge in [0.05, 0.1) is 0 Å². The van der Waals surface area contributed by atoms with Crippen molar-refractivity contribution in [1.82, 2.24) is 15.2 Å². The summed E-state index contributed by atoms with van der Waals surface area (Å²) < 4.78 is 0. The van der Waals surface area contributed by atoms with Gasteiger partial charge in [0.1, 0.15) is 0 Å². The smallest absolute Gasteiger partial charge is 0.185 e. The van der Waals surface area contributed by atoms with Gasteiger partial charge >= 0.3 is 0 Å². The Morgan fingerprint density at radius 3 is 2.74 bits per heavy atom. The zero-order chi connectivity index (χ0) is 12.9. The van der Waals surface area contributed by atoms with Gasteiger partial charge in [-0.3, -0.25) is 4.90 Å². The van der Waals surface area contributed by atoms with Crippen LogP contribution in [0.1, 0.15) is 25.7 Å². The van der Waals surface area contributed by atoms with Gasteiger partial charge in [-0.1, -0.05) is 0 Å². The summed E-state index contributed by atoms with van der Waals surface area (Å²) in [6.07, 6.45) is 7.36. The first-order valence-corrected chi connectivity index (χ1v) is 8.40. The molecule has 1 aromatic heterocycles. The maximum Gasteiger partial charge on any atom is 0.185 e. The molecule has 0 aromatic carbocycles. The Kier molecular flexibility index (Phi) is 4.69. The van der Waals surface area contributed by atoms with Crippen LogP contribution in [0, 0.1) is 0 Å². The van der Waals surface area contributed by atoms with Gasteiger partial charge in [-0.2, -0.15) is 0 Å². The van der Waals surface area contributed by atoms with Crippen LogP contribution in [-0.2, 0) is 0 Å². The summed E-state index contributed by atoms with van der Waals surface area (Å²) in [5.41, 5.74) is 0. The molecule has 0 unspecified atom stereocenters. The molecule has 1 aromatic rings. The number of hydrogen-bond acceptors (Lipinski definition) is 5. The van der Waals surface area contributed by atoms with Crippen LogP contribution in [-0.4, -0.2) is 55.2 Å². The largest absolute Gasteiger partial charge is 0.346 e. The summed E-state index contributed by atoms with van der Waals surface area (Å²) in [6, 6.07) is 0.863. The monoisotopic (exact) mass is 280 g/mol. The second kappa shape index (κ2) is 6.68. The molecule has 0 atom stereocenters. The topological polar surface area (TPSA) is 31.4 Å². The van der Waals surface area contributed by atoms with E-state index in [0.717, 1.165) is 19.1 Å². The molecule has 3 rings (SSSR count). The predicted molar refractivity (Wildman–Crippen MR) is 81.0 cm³/mol. The molecule has 0 amide bonds. The van der Waals surface area contributed by atoms with E-state index in [1.807, 2.05) is 6.20 Å². The molecule has 1 saturated carbocycles. The average molecular weight is 280 g/mol. The highest BCUT2D eigenvalue weighted by molar-refractivity contribution is 7.13. The Morgan fingerprint density at radius 2 is 2.05 bits per heavy atom. The van der Waals surface area contributed by atoms with Crippen molar-refractivity contribution in [1.29, 1.82) is 0 Å². The molecule has 2 aliphatic rings. The fraction of sp³-hybridized carbons (Fsp3) is 0.786. The van der Waals surface area contributed by atoms with Gasteiger partial charge in [-0.25, -0.2) is 4.98 Å². The molecule has 2 fully saturated rings. The van der Waals surface area contributed by atoms with E-state index < -0.39 is 0 Å². The first kappa shape index (κ1) is 13.3. The second-order valence-electron chi connectivity index (χ2n) is 5.58. The van der Waals surface area contributed by atoms with E-state index >= 15 is 0 Å². The van der Waals surface area contributed by atoms with Crippen molar-refractivity contribution in [3.8, 4) is 0 Å². The molecular formula is C14H24N4S. The SMILES string of the molecule is c1csc(N2CCN(CCCCNC3CC3)CC2)n1. The Morgan fingerprint density at radius 1 is 1.21 bits per heavy atom. The van der Waals surface area contributed by atoms with Crippen LogP contribution in [0.3, 0.4) is 0 Å². The third-order valence-corrected chi connectivity index (χ3v) is 4.81. The number of rotatable bonds is 7. The maximum absolute atomic E-state index is 4.39. The minimum Gasteiger partial charge on any atom is -0.346 e. The van der Waals surface area contributed by atoms with Crippen molar-refractivity contribution in [2.75, 3.05) is 44.2 Å². The minimum atomic E-state index is 0.863. The summed E-state index contributed by atoms with van der Waals surface area (Å²) in [7, 11) is 0. The third-order valence-electron chi connectivity index (χ3n) is 3.97. The number of piperazine rings is 1. The highest BCUT2D eigenvalue weighted by Gasteiger charge is 2.20. The van der Waals surface area contributed by atoms with E-state index in [9.17, 15) is 0 Å². The lowest BCUT2D eigenvalue weighted by Crippen LogP contribution is -2.46. The molecule has 0 spiro atoms. The van der Waals surface area contributed by atoms with Gasteiger partial charge in [-0.05, 0) is 38.8 Å². The van der Waals surface area contributed by atoms with Crippen LogP contribution >= 0.6 is 11.3 Å². The Hall–Kier alpha value is -0.650. The summed E-state index contributed by atoms with van der Waals surface area (Å²) in [6.45, 7) is 7.12. The van der Waals surface area contributed by atoms with Gasteiger partial charge in [0.2, 0.25) is 0 Å². The highest BCUT2D eigenvalue weighted by Crippen LogP contribution is 2.19. The first-order valence-electron chi connectivity index (χ1n) is 7.52. The predicted octanol–water partition coefficient (Wildman–Crippen LogP) is 1.80. The molecule has 4 nitrogen and oxygen atoms in total. The average Bonchev–Trinajstić information content (AvgIpc) is 3.11. The summed E-state index contributed by atoms with van der Waals surface area (Å²) >= 11 is 1.75. The van der Waals surface area contributed by atoms with E-state index in [4.69, 9.17) is 0 Å². The molecule has 1 N–H and O–H groups in total. The molecule has 2 heterocycles. The third kappa shape index (κ3) is 4.16. The van der Waals surface area contributed by atoms with Crippen LogP contribution in [0.4, 0.5) is 5.13 Å². The maximum atomic E-state index is 4.39. The van der Waals surface area contributed by atoms with Gasteiger partial charge in [0, 0.05) is 43.8 Å². The van der Waals surface area contributed by atoms with Crippen molar-refractivity contribution in [3.63, 3.8) is 0 Å². The summed E-state index contributed by atoms with van der Waals surface area (Å²) in [5, 5.41) is 6.84. The number of nitrogens with one attached hydrogen (secondary N) is 1. The standard InChI is InChI=1S/C14H24N4S/c1(5-15-13-3-4-13)2-7-17-8-10-18(11-9-17)14-16-6-12-19-14/h6,12-13,15H,1-5,7-11H2. The molecule has 0 bridgehead atoms. The highest BCUT2D eigenvalue weighted by atomic mass is 32.1. The van der Waals surface area contributed by atoms with Crippen molar-refractivity contribution in [2.45, 2.75) is 31.7 Å². The van der Waals surface area contributed by atoms with E-state index in [0.29, 0.717) is 0 Å². The van der Waals surface area contributed by atoms with Gasteiger partial charge in [0.15, 0.2) is 5.13 Å². The molecule has 1 saturated heterocycles. The van der Waals surface area contributed by atoms with Crippen LogP contribution < -0.4 is 10.2 Å². The van der Waals surface area contributed by atoms with Crippen molar-refractivity contribution >= 4 is 16.5 Å². The van der Waals surface area contributed by atoms with Crippen LogP contribution in [0.15, 0.2) is 11.6 Å². The van der Waals surface area contributed by atoms with Crippen molar-refractivity contribution in [2.24, 2.45) is 0 Å². The normalized spacial score (nSPS) is 20.9. The molecule has 1 aliphatic heterocycles. The Balaban J connectivity index is 1.27. The van der Waals surface area contributed by atoms with E-state index in [-0.39, 0.29) is 0 Å². The van der Waals surface area contributed by atoms with Crippen molar-refractivity contribution < 1.29 is 0 Å². The van der Waals surface area contributed by atoms with Gasteiger partial charge in [-0.15, -0.1) is 11.3 Å². The number of thiazole rings is 1. The fourth-order valence-electron chi connectivity index (χ4n) is 2.59. The van der Waals surface area contributed by atoms with Crippen LogP contribution in [0.5, 0.6) is 0 Å². The Labute approximate surface area is 119 Å². The van der Waals surface area contributed by atoms with Crippen molar-refractivity contribution in [3.05, 3.63) is 11.6 Å². The van der Waals surface area contributed by atoms with Crippen LogP contribution in [0.2, 0.25) is 0 Å². The zero-order valence-electron chi connectivity index (χ0n) is 11.6. The fourth-order valence-corrected chi connectivity index (χ4v) is 3.29. The molecule has 0 radical (unpaired) electrons. The van der Waals surface area contributed by atoms with E-state index in [2.05, 4.69) is 25.5 Å². The first-order chi connectivity index (χ1) is 9.42. The number of anilines is 1.